The van der Waals surface area contributed by atoms with Crippen molar-refractivity contribution in [2.75, 3.05) is 0 Å². The van der Waals surface area contributed by atoms with Crippen LogP contribution in [0.3, 0.4) is 0 Å². The van der Waals surface area contributed by atoms with Gasteiger partial charge in [-0.15, -0.1) is 0 Å². The number of benzene rings is 2. The molecule has 3 rings (SSSR count). The van der Waals surface area contributed by atoms with E-state index in [4.69, 9.17) is 20.8 Å². The molecule has 0 atom stereocenters. The van der Waals surface area contributed by atoms with Crippen molar-refractivity contribution in [3.8, 4) is 5.75 Å². The molecular weight excluding hydrogens is 332 g/mol. The third-order valence-corrected chi connectivity index (χ3v) is 3.76. The maximum absolute atomic E-state index is 12.1. The van der Waals surface area contributed by atoms with Crippen molar-refractivity contribution in [3.63, 3.8) is 0 Å². The number of phenols is 1. The topological polar surface area (TPSA) is 76.7 Å². The highest BCUT2D eigenvalue weighted by molar-refractivity contribution is 6.30. The number of esters is 1. The third kappa shape index (κ3) is 3.26. The minimum Gasteiger partial charge on any atom is -0.507 e. The van der Waals surface area contributed by atoms with Crippen LogP contribution in [0.15, 0.2) is 51.7 Å². The van der Waals surface area contributed by atoms with E-state index in [1.54, 1.807) is 12.1 Å². The first-order chi connectivity index (χ1) is 11.4. The number of phenolic OH excluding ortho intramolecular Hbond substituents is 1. The SMILES string of the molecule is Cc1ccc2c(COC(=O)c3ccc(Cl)cc3O)cc(=O)oc2c1. The highest BCUT2D eigenvalue weighted by Gasteiger charge is 2.14. The Morgan fingerprint density at radius 3 is 2.75 bits per heavy atom. The van der Waals surface area contributed by atoms with Crippen LogP contribution in [0.1, 0.15) is 21.5 Å². The van der Waals surface area contributed by atoms with Gasteiger partial charge in [0.1, 0.15) is 23.5 Å². The van der Waals surface area contributed by atoms with Gasteiger partial charge in [-0.3, -0.25) is 0 Å². The number of hydrogen-bond acceptors (Lipinski definition) is 5. The van der Waals surface area contributed by atoms with E-state index in [1.807, 2.05) is 13.0 Å². The van der Waals surface area contributed by atoms with E-state index in [2.05, 4.69) is 0 Å². The van der Waals surface area contributed by atoms with Crippen LogP contribution in [0.25, 0.3) is 11.0 Å². The fraction of sp³-hybridized carbons (Fsp3) is 0.111. The Morgan fingerprint density at radius 1 is 1.21 bits per heavy atom. The molecule has 2 aromatic carbocycles. The van der Waals surface area contributed by atoms with Crippen LogP contribution in [-0.4, -0.2) is 11.1 Å². The summed E-state index contributed by atoms with van der Waals surface area (Å²) < 4.78 is 10.4. The smallest absolute Gasteiger partial charge is 0.342 e. The Bertz CT molecular complexity index is 990. The van der Waals surface area contributed by atoms with Gasteiger partial charge in [0.25, 0.3) is 0 Å². The van der Waals surface area contributed by atoms with Gasteiger partial charge in [-0.2, -0.15) is 0 Å². The van der Waals surface area contributed by atoms with Crippen LogP contribution in [-0.2, 0) is 11.3 Å². The summed E-state index contributed by atoms with van der Waals surface area (Å²) in [5.74, 6) is -0.974. The molecule has 0 saturated carbocycles. The van der Waals surface area contributed by atoms with Crippen LogP contribution in [0.4, 0.5) is 0 Å². The summed E-state index contributed by atoms with van der Waals surface area (Å²) in [6.07, 6.45) is 0. The molecule has 0 unspecified atom stereocenters. The van der Waals surface area contributed by atoms with Crippen molar-refractivity contribution in [1.82, 2.24) is 0 Å². The van der Waals surface area contributed by atoms with Gasteiger partial charge in [-0.1, -0.05) is 23.7 Å². The maximum atomic E-state index is 12.1. The number of aromatic hydroxyl groups is 1. The zero-order chi connectivity index (χ0) is 17.3. The lowest BCUT2D eigenvalue weighted by Gasteiger charge is -2.08. The van der Waals surface area contributed by atoms with Crippen molar-refractivity contribution in [2.45, 2.75) is 13.5 Å². The van der Waals surface area contributed by atoms with Crippen molar-refractivity contribution in [1.29, 1.82) is 0 Å². The van der Waals surface area contributed by atoms with Crippen LogP contribution >= 0.6 is 11.6 Å². The van der Waals surface area contributed by atoms with Crippen LogP contribution in [0.2, 0.25) is 5.02 Å². The Balaban J connectivity index is 1.88. The predicted octanol–water partition coefficient (Wildman–Crippen LogP) is 3.82. The van der Waals surface area contributed by atoms with Gasteiger partial charge >= 0.3 is 11.6 Å². The molecule has 3 aromatic rings. The normalized spacial score (nSPS) is 10.8. The highest BCUT2D eigenvalue weighted by atomic mass is 35.5. The Hall–Kier alpha value is -2.79. The molecule has 0 aliphatic rings. The first kappa shape index (κ1) is 16.1. The molecule has 0 bridgehead atoms. The first-order valence-corrected chi connectivity index (χ1v) is 7.51. The largest absolute Gasteiger partial charge is 0.507 e. The summed E-state index contributed by atoms with van der Waals surface area (Å²) in [5.41, 5.74) is 1.40. The zero-order valence-corrected chi connectivity index (χ0v) is 13.5. The molecule has 0 fully saturated rings. The van der Waals surface area contributed by atoms with E-state index in [1.165, 1.54) is 24.3 Å². The van der Waals surface area contributed by atoms with Crippen molar-refractivity contribution in [3.05, 3.63) is 74.6 Å². The molecule has 0 aliphatic heterocycles. The first-order valence-electron chi connectivity index (χ1n) is 7.13. The number of halogens is 1. The minimum absolute atomic E-state index is 0.00233. The highest BCUT2D eigenvalue weighted by Crippen LogP contribution is 2.24. The van der Waals surface area contributed by atoms with Gasteiger partial charge in [0.15, 0.2) is 0 Å². The monoisotopic (exact) mass is 344 g/mol. The van der Waals surface area contributed by atoms with E-state index >= 15 is 0 Å². The Morgan fingerprint density at radius 2 is 2.00 bits per heavy atom. The molecule has 122 valence electrons. The average molecular weight is 345 g/mol. The molecule has 0 aliphatic carbocycles. The summed E-state index contributed by atoms with van der Waals surface area (Å²) in [6, 6.07) is 10.8. The predicted molar refractivity (Wildman–Crippen MR) is 89.5 cm³/mol. The van der Waals surface area contributed by atoms with Crippen LogP contribution in [0.5, 0.6) is 5.75 Å². The second-order valence-corrected chi connectivity index (χ2v) is 5.76. The van der Waals surface area contributed by atoms with Crippen molar-refractivity contribution in [2.24, 2.45) is 0 Å². The van der Waals surface area contributed by atoms with E-state index in [-0.39, 0.29) is 17.9 Å². The van der Waals surface area contributed by atoms with Gasteiger partial charge in [0, 0.05) is 22.0 Å². The molecule has 1 heterocycles. The van der Waals surface area contributed by atoms with E-state index in [0.717, 1.165) is 5.56 Å². The summed E-state index contributed by atoms with van der Waals surface area (Å²) >= 11 is 5.73. The van der Waals surface area contributed by atoms with Gasteiger partial charge in [0.05, 0.1) is 0 Å². The van der Waals surface area contributed by atoms with Crippen LogP contribution in [0, 0.1) is 6.92 Å². The van der Waals surface area contributed by atoms with Gasteiger partial charge in [-0.25, -0.2) is 9.59 Å². The number of carbonyl (C=O) groups excluding carboxylic acids is 1. The van der Waals surface area contributed by atoms with Gasteiger partial charge in [-0.05, 0) is 36.8 Å². The zero-order valence-electron chi connectivity index (χ0n) is 12.7. The number of aryl methyl sites for hydroxylation is 1. The third-order valence-electron chi connectivity index (χ3n) is 3.52. The fourth-order valence-electron chi connectivity index (χ4n) is 2.36. The molecular formula is C18H13ClO5. The number of ether oxygens (including phenoxy) is 1. The number of hydrogen-bond donors (Lipinski definition) is 1. The molecule has 24 heavy (non-hydrogen) atoms. The lowest BCUT2D eigenvalue weighted by atomic mass is 10.1. The number of rotatable bonds is 3. The van der Waals surface area contributed by atoms with Gasteiger partial charge in [0.2, 0.25) is 0 Å². The van der Waals surface area contributed by atoms with Gasteiger partial charge < -0.3 is 14.3 Å². The Labute approximate surface area is 142 Å². The molecule has 1 aromatic heterocycles. The van der Waals surface area contributed by atoms with E-state index in [0.29, 0.717) is 21.6 Å². The lowest BCUT2D eigenvalue weighted by molar-refractivity contribution is 0.0470. The maximum Gasteiger partial charge on any atom is 0.342 e. The molecule has 5 nitrogen and oxygen atoms in total. The second kappa shape index (κ2) is 6.37. The standard InChI is InChI=1S/C18H13ClO5/c1-10-2-4-13-11(7-17(21)24-16(13)6-10)9-23-18(22)14-5-3-12(19)8-15(14)20/h2-8,20H,9H2,1H3. The lowest BCUT2D eigenvalue weighted by Crippen LogP contribution is -2.08. The molecule has 0 saturated heterocycles. The molecule has 6 heteroatoms. The average Bonchev–Trinajstić information content (AvgIpc) is 2.51. The fourth-order valence-corrected chi connectivity index (χ4v) is 2.52. The summed E-state index contributed by atoms with van der Waals surface area (Å²) in [5, 5.41) is 10.8. The summed E-state index contributed by atoms with van der Waals surface area (Å²) in [7, 11) is 0. The molecule has 1 N–H and O–H groups in total. The van der Waals surface area contributed by atoms with Crippen molar-refractivity contribution < 1.29 is 19.1 Å². The van der Waals surface area contributed by atoms with E-state index in [9.17, 15) is 14.7 Å². The number of fused-ring (bicyclic) bond motifs is 1. The molecule has 0 spiro atoms. The molecule has 0 radical (unpaired) electrons. The quantitative estimate of drug-likeness (QED) is 0.577. The Kier molecular flexibility index (Phi) is 4.27. The second-order valence-electron chi connectivity index (χ2n) is 5.33. The minimum atomic E-state index is -0.710. The molecule has 0 amide bonds. The van der Waals surface area contributed by atoms with Crippen LogP contribution < -0.4 is 5.63 Å². The summed E-state index contributed by atoms with van der Waals surface area (Å²) in [6.45, 7) is 1.77. The summed E-state index contributed by atoms with van der Waals surface area (Å²) in [4.78, 5) is 23.8. The van der Waals surface area contributed by atoms with E-state index < -0.39 is 11.6 Å². The van der Waals surface area contributed by atoms with Crippen molar-refractivity contribution >= 4 is 28.5 Å². The number of carbonyl (C=O) groups is 1.